The van der Waals surface area contributed by atoms with Crippen molar-refractivity contribution in [2.45, 2.75) is 13.0 Å². The Morgan fingerprint density at radius 1 is 1.25 bits per heavy atom. The highest BCUT2D eigenvalue weighted by Gasteiger charge is 2.23. The summed E-state index contributed by atoms with van der Waals surface area (Å²) in [6.45, 7) is 1.85. The maximum Gasteiger partial charge on any atom is 0.337 e. The Hall–Kier alpha value is -3.13. The molecule has 0 fully saturated rings. The zero-order valence-electron chi connectivity index (χ0n) is 13.2. The van der Waals surface area contributed by atoms with Gasteiger partial charge in [-0.05, 0) is 55.0 Å². The molecule has 0 aromatic heterocycles. The van der Waals surface area contributed by atoms with Crippen LogP contribution in [0, 0.1) is 17.1 Å². The molecule has 0 bridgehead atoms. The molecule has 0 spiro atoms. The number of nitriles is 1. The van der Waals surface area contributed by atoms with E-state index >= 15 is 0 Å². The van der Waals surface area contributed by atoms with E-state index in [1.165, 1.54) is 25.3 Å². The fraction of sp³-hybridized carbons (Fsp3) is 0.158. The van der Waals surface area contributed by atoms with Gasteiger partial charge in [-0.15, -0.1) is 0 Å². The second kappa shape index (κ2) is 6.17. The lowest BCUT2D eigenvalue weighted by Crippen LogP contribution is -2.16. The number of hydrogen-bond acceptors (Lipinski definition) is 4. The first kappa shape index (κ1) is 15.8. The number of fused-ring (bicyclic) bond motifs is 1. The number of esters is 1. The smallest absolute Gasteiger partial charge is 0.337 e. The zero-order chi connectivity index (χ0) is 17.3. The lowest BCUT2D eigenvalue weighted by molar-refractivity contribution is 0.0600. The third-order valence-corrected chi connectivity index (χ3v) is 3.80. The van der Waals surface area contributed by atoms with Crippen LogP contribution in [0.4, 0.5) is 4.39 Å². The average Bonchev–Trinajstić information content (AvgIpc) is 2.59. The average molecular weight is 323 g/mol. The van der Waals surface area contributed by atoms with Gasteiger partial charge in [0.2, 0.25) is 0 Å². The molecule has 0 saturated carbocycles. The minimum absolute atomic E-state index is 0.244. The summed E-state index contributed by atoms with van der Waals surface area (Å²) in [5, 5.41) is 9.33. The van der Waals surface area contributed by atoms with Gasteiger partial charge in [-0.3, -0.25) is 0 Å². The van der Waals surface area contributed by atoms with Gasteiger partial charge < -0.3 is 9.47 Å². The fourth-order valence-corrected chi connectivity index (χ4v) is 2.72. The molecule has 5 heteroatoms. The highest BCUT2D eigenvalue weighted by molar-refractivity contribution is 5.93. The third kappa shape index (κ3) is 2.74. The van der Waals surface area contributed by atoms with Crippen LogP contribution in [0.1, 0.15) is 34.0 Å². The molecule has 1 aliphatic rings. The van der Waals surface area contributed by atoms with Gasteiger partial charge in [-0.1, -0.05) is 0 Å². The highest BCUT2D eigenvalue weighted by Crippen LogP contribution is 2.38. The van der Waals surface area contributed by atoms with Crippen molar-refractivity contribution in [1.82, 2.24) is 0 Å². The van der Waals surface area contributed by atoms with Crippen molar-refractivity contribution >= 4 is 11.5 Å². The van der Waals surface area contributed by atoms with Crippen LogP contribution in [0.15, 0.2) is 42.5 Å². The van der Waals surface area contributed by atoms with Crippen molar-refractivity contribution in [2.24, 2.45) is 0 Å². The number of nitrogens with zero attached hydrogens (tertiary/aromatic N) is 1. The number of methoxy groups -OCH3 is 1. The first-order valence-corrected chi connectivity index (χ1v) is 7.34. The minimum atomic E-state index is -0.476. The first-order chi connectivity index (χ1) is 11.5. The van der Waals surface area contributed by atoms with Gasteiger partial charge in [0.1, 0.15) is 17.7 Å². The van der Waals surface area contributed by atoms with Crippen molar-refractivity contribution < 1.29 is 18.7 Å². The van der Waals surface area contributed by atoms with Crippen molar-refractivity contribution in [3.63, 3.8) is 0 Å². The quantitative estimate of drug-likeness (QED) is 0.791. The molecule has 3 rings (SSSR count). The van der Waals surface area contributed by atoms with Crippen LogP contribution < -0.4 is 4.74 Å². The van der Waals surface area contributed by atoms with Gasteiger partial charge in [0, 0.05) is 11.1 Å². The number of carbonyl (C=O) groups is 1. The number of ether oxygens (including phenoxy) is 2. The van der Waals surface area contributed by atoms with E-state index < -0.39 is 11.8 Å². The predicted octanol–water partition coefficient (Wildman–Crippen LogP) is 3.70. The second-order valence-electron chi connectivity index (χ2n) is 5.41. The summed E-state index contributed by atoms with van der Waals surface area (Å²) in [7, 11) is 1.30. The Balaban J connectivity index is 2.22. The van der Waals surface area contributed by atoms with Crippen LogP contribution in [0.3, 0.4) is 0 Å². The molecule has 4 nitrogen and oxygen atoms in total. The van der Waals surface area contributed by atoms with Gasteiger partial charge in [0.25, 0.3) is 0 Å². The molecule has 120 valence electrons. The predicted molar refractivity (Wildman–Crippen MR) is 86.1 cm³/mol. The molecule has 0 saturated heterocycles. The second-order valence-corrected chi connectivity index (χ2v) is 5.41. The molecule has 1 aliphatic heterocycles. The third-order valence-electron chi connectivity index (χ3n) is 3.80. The number of halogens is 1. The molecule has 0 aliphatic carbocycles. The molecule has 1 unspecified atom stereocenters. The van der Waals surface area contributed by atoms with E-state index in [-0.39, 0.29) is 6.10 Å². The van der Waals surface area contributed by atoms with Gasteiger partial charge in [0.15, 0.2) is 0 Å². The Bertz CT molecular complexity index is 896. The van der Waals surface area contributed by atoms with Crippen molar-refractivity contribution in [1.29, 1.82) is 5.26 Å². The van der Waals surface area contributed by atoms with Crippen LogP contribution in [0.5, 0.6) is 5.75 Å². The van der Waals surface area contributed by atoms with Crippen LogP contribution in [0.25, 0.3) is 5.57 Å². The molecule has 24 heavy (non-hydrogen) atoms. The van der Waals surface area contributed by atoms with E-state index in [1.54, 1.807) is 24.3 Å². The summed E-state index contributed by atoms with van der Waals surface area (Å²) in [6, 6.07) is 11.0. The molecule has 1 atom stereocenters. The van der Waals surface area contributed by atoms with Crippen LogP contribution in [-0.4, -0.2) is 19.2 Å². The maximum absolute atomic E-state index is 13.7. The summed E-state index contributed by atoms with van der Waals surface area (Å²) in [4.78, 5) is 11.8. The van der Waals surface area contributed by atoms with Gasteiger partial charge in [-0.2, -0.15) is 5.26 Å². The number of carbonyl (C=O) groups excluding carboxylic acids is 1. The molecule has 2 aromatic carbocycles. The van der Waals surface area contributed by atoms with Crippen molar-refractivity contribution in [2.75, 3.05) is 7.11 Å². The summed E-state index contributed by atoms with van der Waals surface area (Å²) < 4.78 is 24.2. The van der Waals surface area contributed by atoms with E-state index in [9.17, 15) is 14.4 Å². The number of benzene rings is 2. The monoisotopic (exact) mass is 323 g/mol. The molecule has 2 aromatic rings. The SMILES string of the molecule is COC(=O)c1ccc2c(c1)C(c1cc(F)ccc1C#N)=CC(C)O2. The highest BCUT2D eigenvalue weighted by atomic mass is 19.1. The Morgan fingerprint density at radius 3 is 2.75 bits per heavy atom. The normalized spacial score (nSPS) is 15.6. The molecular weight excluding hydrogens is 309 g/mol. The Morgan fingerprint density at radius 2 is 2.04 bits per heavy atom. The van der Waals surface area contributed by atoms with E-state index in [2.05, 4.69) is 6.07 Å². The summed E-state index contributed by atoms with van der Waals surface area (Å²) in [5.41, 5.74) is 2.46. The minimum Gasteiger partial charge on any atom is -0.486 e. The van der Waals surface area contributed by atoms with E-state index in [4.69, 9.17) is 9.47 Å². The molecule has 0 radical (unpaired) electrons. The molecule has 0 N–H and O–H groups in total. The first-order valence-electron chi connectivity index (χ1n) is 7.34. The van der Waals surface area contributed by atoms with E-state index in [0.29, 0.717) is 33.6 Å². The van der Waals surface area contributed by atoms with Gasteiger partial charge in [0.05, 0.1) is 24.3 Å². The van der Waals surface area contributed by atoms with Gasteiger partial charge in [-0.25, -0.2) is 9.18 Å². The van der Waals surface area contributed by atoms with Crippen molar-refractivity contribution in [3.05, 3.63) is 70.5 Å². The van der Waals surface area contributed by atoms with Crippen LogP contribution in [0.2, 0.25) is 0 Å². The lowest BCUT2D eigenvalue weighted by atomic mass is 9.90. The largest absolute Gasteiger partial charge is 0.486 e. The summed E-state index contributed by atoms with van der Waals surface area (Å²) in [5.74, 6) is -0.342. The Kier molecular flexibility index (Phi) is 4.05. The van der Waals surface area contributed by atoms with Crippen LogP contribution >= 0.6 is 0 Å². The standard InChI is InChI=1S/C19H14FNO3/c1-11-7-16(15-9-14(20)5-3-13(15)10-21)17-8-12(19(22)23-2)4-6-18(17)24-11/h3-9,11H,1-2H3. The summed E-state index contributed by atoms with van der Waals surface area (Å²) in [6.07, 6.45) is 1.56. The van der Waals surface area contributed by atoms with E-state index in [1.807, 2.05) is 6.92 Å². The lowest BCUT2D eigenvalue weighted by Gasteiger charge is -2.24. The maximum atomic E-state index is 13.7. The van der Waals surface area contributed by atoms with Gasteiger partial charge >= 0.3 is 5.97 Å². The van der Waals surface area contributed by atoms with Crippen molar-refractivity contribution in [3.8, 4) is 11.8 Å². The topological polar surface area (TPSA) is 59.3 Å². The fourth-order valence-electron chi connectivity index (χ4n) is 2.72. The Labute approximate surface area is 138 Å². The molecule has 0 amide bonds. The zero-order valence-corrected chi connectivity index (χ0v) is 13.2. The summed E-state index contributed by atoms with van der Waals surface area (Å²) >= 11 is 0. The number of hydrogen-bond donors (Lipinski definition) is 0. The van der Waals surface area contributed by atoms with Crippen LogP contribution in [-0.2, 0) is 4.74 Å². The molecule has 1 heterocycles. The molecular formula is C19H14FNO3. The number of rotatable bonds is 2. The van der Waals surface area contributed by atoms with E-state index in [0.717, 1.165) is 0 Å².